The second-order valence-corrected chi connectivity index (χ2v) is 5.24. The number of fused-ring (bicyclic) bond motifs is 2. The second kappa shape index (κ2) is 5.16. The van der Waals surface area contributed by atoms with Gasteiger partial charge in [-0.2, -0.15) is 5.10 Å². The number of aryl methyl sites for hydroxylation is 2. The van der Waals surface area contributed by atoms with Crippen LogP contribution < -0.4 is 9.64 Å². The van der Waals surface area contributed by atoms with E-state index in [1.165, 1.54) is 6.20 Å². The van der Waals surface area contributed by atoms with Gasteiger partial charge in [-0.3, -0.25) is 4.79 Å². The van der Waals surface area contributed by atoms with Gasteiger partial charge in [0.15, 0.2) is 5.75 Å². The number of nitrogens with zero attached hydrogens (tertiary/aromatic N) is 3. The molecular formula is C16H17N3O2. The minimum absolute atomic E-state index is 0.0921. The molecule has 2 aromatic rings. The zero-order chi connectivity index (χ0) is 15.0. The molecular weight excluding hydrogens is 266 g/mol. The fraction of sp³-hybridized carbons (Fsp3) is 0.312. The van der Waals surface area contributed by atoms with Crippen LogP contribution in [0.4, 0.5) is 5.69 Å². The third-order valence-corrected chi connectivity index (χ3v) is 3.50. The maximum absolute atomic E-state index is 12.8. The van der Waals surface area contributed by atoms with Gasteiger partial charge in [-0.15, -0.1) is 5.10 Å². The summed E-state index contributed by atoms with van der Waals surface area (Å²) in [6, 6.07) is 5.67. The highest BCUT2D eigenvalue weighted by molar-refractivity contribution is 6.09. The first-order valence-corrected chi connectivity index (χ1v) is 7.04. The molecule has 1 aliphatic heterocycles. The van der Waals surface area contributed by atoms with Gasteiger partial charge in [0.1, 0.15) is 5.56 Å². The van der Waals surface area contributed by atoms with Crippen LogP contribution in [0.1, 0.15) is 34.8 Å². The Balaban J connectivity index is 2.25. The van der Waals surface area contributed by atoms with E-state index in [0.717, 1.165) is 23.2 Å². The Morgan fingerprint density at radius 2 is 2.10 bits per heavy atom. The molecule has 1 aliphatic rings. The Labute approximate surface area is 123 Å². The minimum Gasteiger partial charge on any atom is -0.434 e. The molecule has 0 atom stereocenters. The van der Waals surface area contributed by atoms with Crippen LogP contribution in [-0.4, -0.2) is 22.6 Å². The Bertz CT molecular complexity index is 713. The molecule has 0 aliphatic carbocycles. The minimum atomic E-state index is -0.0921. The van der Waals surface area contributed by atoms with Crippen LogP contribution in [0.25, 0.3) is 0 Å². The lowest BCUT2D eigenvalue weighted by atomic mass is 10.1. The van der Waals surface area contributed by atoms with Gasteiger partial charge in [-0.1, -0.05) is 13.0 Å². The van der Waals surface area contributed by atoms with Crippen molar-refractivity contribution in [2.24, 2.45) is 0 Å². The van der Waals surface area contributed by atoms with Crippen molar-refractivity contribution in [3.05, 3.63) is 41.1 Å². The zero-order valence-electron chi connectivity index (χ0n) is 12.4. The molecule has 0 saturated carbocycles. The van der Waals surface area contributed by atoms with Gasteiger partial charge in [0, 0.05) is 6.54 Å². The molecule has 1 aromatic carbocycles. The number of anilines is 1. The fourth-order valence-corrected chi connectivity index (χ4v) is 2.62. The molecule has 0 N–H and O–H groups in total. The quantitative estimate of drug-likeness (QED) is 0.849. The molecule has 2 heterocycles. The first kappa shape index (κ1) is 13.5. The van der Waals surface area contributed by atoms with E-state index in [-0.39, 0.29) is 11.8 Å². The Hall–Kier alpha value is -2.43. The normalized spacial score (nSPS) is 13.3. The van der Waals surface area contributed by atoms with Crippen molar-refractivity contribution in [2.45, 2.75) is 27.2 Å². The third kappa shape index (κ3) is 2.24. The fourth-order valence-electron chi connectivity index (χ4n) is 2.62. The van der Waals surface area contributed by atoms with Crippen LogP contribution >= 0.6 is 0 Å². The van der Waals surface area contributed by atoms with Crippen LogP contribution in [0.15, 0.2) is 24.4 Å². The average molecular weight is 283 g/mol. The molecule has 1 amide bonds. The van der Waals surface area contributed by atoms with Crippen molar-refractivity contribution < 1.29 is 9.53 Å². The van der Waals surface area contributed by atoms with Gasteiger partial charge in [-0.05, 0) is 43.5 Å². The van der Waals surface area contributed by atoms with E-state index in [9.17, 15) is 4.79 Å². The SMILES string of the molecule is CCCN1C(=O)c2ccnnc2Oc2c(C)cc(C)cc21. The summed E-state index contributed by atoms with van der Waals surface area (Å²) in [5.74, 6) is 0.862. The largest absolute Gasteiger partial charge is 0.434 e. The number of amides is 1. The lowest BCUT2D eigenvalue weighted by Gasteiger charge is -2.22. The second-order valence-electron chi connectivity index (χ2n) is 5.24. The summed E-state index contributed by atoms with van der Waals surface area (Å²) in [5, 5.41) is 7.79. The van der Waals surface area contributed by atoms with Crippen molar-refractivity contribution in [3.8, 4) is 11.6 Å². The summed E-state index contributed by atoms with van der Waals surface area (Å²) in [7, 11) is 0. The number of carbonyl (C=O) groups excluding carboxylic acids is 1. The molecule has 0 unspecified atom stereocenters. The number of hydrogen-bond acceptors (Lipinski definition) is 4. The van der Waals surface area contributed by atoms with Crippen LogP contribution in [0.2, 0.25) is 0 Å². The standard InChI is InChI=1S/C16H17N3O2/c1-4-7-19-13-9-10(2)8-11(3)14(13)21-15-12(16(19)20)5-6-17-18-15/h5-6,8-9H,4,7H2,1-3H3. The zero-order valence-corrected chi connectivity index (χ0v) is 12.4. The number of hydrogen-bond donors (Lipinski definition) is 0. The van der Waals surface area contributed by atoms with Crippen LogP contribution in [0.3, 0.4) is 0 Å². The lowest BCUT2D eigenvalue weighted by Crippen LogP contribution is -2.31. The Kier molecular flexibility index (Phi) is 3.33. The van der Waals surface area contributed by atoms with Gasteiger partial charge >= 0.3 is 0 Å². The summed E-state index contributed by atoms with van der Waals surface area (Å²) >= 11 is 0. The first-order chi connectivity index (χ1) is 10.1. The topological polar surface area (TPSA) is 55.3 Å². The summed E-state index contributed by atoms with van der Waals surface area (Å²) in [6.45, 7) is 6.68. The molecule has 0 fully saturated rings. The van der Waals surface area contributed by atoms with E-state index < -0.39 is 0 Å². The van der Waals surface area contributed by atoms with E-state index in [2.05, 4.69) is 10.2 Å². The summed E-state index contributed by atoms with van der Waals surface area (Å²) < 4.78 is 5.90. The lowest BCUT2D eigenvalue weighted by molar-refractivity contribution is 0.0986. The third-order valence-electron chi connectivity index (χ3n) is 3.50. The molecule has 21 heavy (non-hydrogen) atoms. The van der Waals surface area contributed by atoms with Crippen LogP contribution in [0, 0.1) is 13.8 Å². The highest BCUT2D eigenvalue weighted by Crippen LogP contribution is 2.40. The van der Waals surface area contributed by atoms with Gasteiger partial charge in [0.25, 0.3) is 11.8 Å². The Morgan fingerprint density at radius 1 is 1.29 bits per heavy atom. The van der Waals surface area contributed by atoms with Crippen molar-refractivity contribution in [1.29, 1.82) is 0 Å². The van der Waals surface area contributed by atoms with E-state index in [1.807, 2.05) is 32.9 Å². The highest BCUT2D eigenvalue weighted by atomic mass is 16.5. The average Bonchev–Trinajstić information content (AvgIpc) is 2.57. The monoisotopic (exact) mass is 283 g/mol. The molecule has 0 bridgehead atoms. The predicted molar refractivity (Wildman–Crippen MR) is 80.0 cm³/mol. The molecule has 0 saturated heterocycles. The molecule has 0 spiro atoms. The van der Waals surface area contributed by atoms with E-state index in [4.69, 9.17) is 4.74 Å². The van der Waals surface area contributed by atoms with E-state index in [1.54, 1.807) is 11.0 Å². The van der Waals surface area contributed by atoms with Crippen molar-refractivity contribution in [2.75, 3.05) is 11.4 Å². The van der Waals surface area contributed by atoms with E-state index in [0.29, 0.717) is 17.9 Å². The predicted octanol–water partition coefficient (Wildman–Crippen LogP) is 3.26. The van der Waals surface area contributed by atoms with Crippen LogP contribution in [0.5, 0.6) is 11.6 Å². The van der Waals surface area contributed by atoms with E-state index >= 15 is 0 Å². The molecule has 0 radical (unpaired) electrons. The van der Waals surface area contributed by atoms with Gasteiger partial charge in [0.05, 0.1) is 11.9 Å². The van der Waals surface area contributed by atoms with Gasteiger partial charge < -0.3 is 9.64 Å². The molecule has 5 heteroatoms. The maximum atomic E-state index is 12.8. The van der Waals surface area contributed by atoms with Crippen molar-refractivity contribution in [3.63, 3.8) is 0 Å². The van der Waals surface area contributed by atoms with Gasteiger partial charge in [-0.25, -0.2) is 0 Å². The van der Waals surface area contributed by atoms with Crippen LogP contribution in [-0.2, 0) is 0 Å². The van der Waals surface area contributed by atoms with Crippen molar-refractivity contribution >= 4 is 11.6 Å². The molecule has 108 valence electrons. The molecule has 1 aromatic heterocycles. The number of benzene rings is 1. The van der Waals surface area contributed by atoms with Crippen molar-refractivity contribution in [1.82, 2.24) is 10.2 Å². The smallest absolute Gasteiger partial charge is 0.264 e. The Morgan fingerprint density at radius 3 is 2.86 bits per heavy atom. The highest BCUT2D eigenvalue weighted by Gasteiger charge is 2.29. The number of rotatable bonds is 2. The number of aromatic nitrogens is 2. The summed E-state index contributed by atoms with van der Waals surface area (Å²) in [6.07, 6.45) is 2.38. The molecule has 5 nitrogen and oxygen atoms in total. The number of ether oxygens (including phenoxy) is 1. The summed E-state index contributed by atoms with van der Waals surface area (Å²) in [4.78, 5) is 14.6. The summed E-state index contributed by atoms with van der Waals surface area (Å²) in [5.41, 5.74) is 3.34. The first-order valence-electron chi connectivity index (χ1n) is 7.04. The van der Waals surface area contributed by atoms with Gasteiger partial charge in [0.2, 0.25) is 0 Å². The molecule has 3 rings (SSSR count). The maximum Gasteiger partial charge on any atom is 0.264 e. The number of carbonyl (C=O) groups is 1.